The molecule has 1 fully saturated rings. The Bertz CT molecular complexity index is 915. The molecule has 0 N–H and O–H groups in total. The number of para-hydroxylation sites is 1. The number of likely N-dealkylation sites (tertiary alicyclic amines) is 1. The maximum atomic E-state index is 6.10. The largest absolute Gasteiger partial charge is 0.471 e. The number of piperidine rings is 1. The first-order valence-corrected chi connectivity index (χ1v) is 10.7. The Morgan fingerprint density at radius 3 is 2.70 bits per heavy atom. The van der Waals surface area contributed by atoms with Crippen LogP contribution in [0.3, 0.4) is 0 Å². The van der Waals surface area contributed by atoms with Gasteiger partial charge in [-0.1, -0.05) is 48.5 Å². The Kier molecular flexibility index (Phi) is 5.69. The van der Waals surface area contributed by atoms with Crippen molar-refractivity contribution in [3.63, 3.8) is 0 Å². The monoisotopic (exact) mass is 381 g/mol. The van der Waals surface area contributed by atoms with Crippen molar-refractivity contribution in [2.24, 2.45) is 0 Å². The van der Waals surface area contributed by atoms with Crippen molar-refractivity contribution in [1.29, 1.82) is 0 Å². The summed E-state index contributed by atoms with van der Waals surface area (Å²) in [5.74, 6) is 1.94. The Morgan fingerprint density at radius 1 is 1.04 bits per heavy atom. The van der Waals surface area contributed by atoms with Crippen LogP contribution >= 0.6 is 11.8 Å². The Balaban J connectivity index is 1.51. The molecule has 0 atom stereocenters. The minimum atomic E-state index is 0.426. The van der Waals surface area contributed by atoms with Crippen molar-refractivity contribution in [2.75, 3.05) is 19.0 Å². The summed E-state index contributed by atoms with van der Waals surface area (Å²) in [7, 11) is 0. The predicted octanol–water partition coefficient (Wildman–Crippen LogP) is 5.23. The zero-order chi connectivity index (χ0) is 18.6. The molecule has 4 rings (SSSR count). The molecule has 142 valence electrons. The molecule has 3 aromatic rings. The average molecular weight is 382 g/mol. The first-order chi connectivity index (χ1) is 13.2. The van der Waals surface area contributed by atoms with Gasteiger partial charge in [0, 0.05) is 5.39 Å². The molecule has 0 bridgehead atoms. The lowest BCUT2D eigenvalue weighted by atomic mass is 10.1. The van der Waals surface area contributed by atoms with Gasteiger partial charge in [0.05, 0.1) is 11.4 Å². The fraction of sp³-hybridized carbons (Fsp3) is 0.409. The van der Waals surface area contributed by atoms with Crippen molar-refractivity contribution in [2.45, 2.75) is 44.9 Å². The molecule has 27 heavy (non-hydrogen) atoms. The molecule has 0 amide bonds. The van der Waals surface area contributed by atoms with Crippen LogP contribution in [0.15, 0.2) is 47.5 Å². The van der Waals surface area contributed by atoms with E-state index >= 15 is 0 Å². The van der Waals surface area contributed by atoms with Gasteiger partial charge >= 0.3 is 0 Å². The number of aryl methyl sites for hydroxylation is 2. The van der Waals surface area contributed by atoms with Crippen molar-refractivity contribution >= 4 is 22.7 Å². The van der Waals surface area contributed by atoms with Crippen LogP contribution in [0.1, 0.15) is 30.4 Å². The van der Waals surface area contributed by atoms with Gasteiger partial charge in [-0.2, -0.15) is 5.10 Å². The highest BCUT2D eigenvalue weighted by Gasteiger charge is 2.15. The van der Waals surface area contributed by atoms with Crippen LogP contribution in [-0.2, 0) is 6.73 Å². The summed E-state index contributed by atoms with van der Waals surface area (Å²) in [5, 5.41) is 7.18. The van der Waals surface area contributed by atoms with E-state index in [1.807, 2.05) is 16.4 Å². The van der Waals surface area contributed by atoms with Crippen LogP contribution in [0, 0.1) is 13.8 Å². The first kappa shape index (κ1) is 18.4. The van der Waals surface area contributed by atoms with E-state index in [0.717, 1.165) is 27.7 Å². The number of nitrogens with zero attached hydrogens (tertiary/aromatic N) is 3. The molecule has 0 aliphatic carbocycles. The summed E-state index contributed by atoms with van der Waals surface area (Å²) < 4.78 is 8.08. The topological polar surface area (TPSA) is 30.3 Å². The van der Waals surface area contributed by atoms with Crippen molar-refractivity contribution < 1.29 is 4.74 Å². The highest BCUT2D eigenvalue weighted by atomic mass is 32.2. The third kappa shape index (κ3) is 4.30. The lowest BCUT2D eigenvalue weighted by molar-refractivity contribution is 0.223. The van der Waals surface area contributed by atoms with Crippen LogP contribution in [0.25, 0.3) is 10.9 Å². The summed E-state index contributed by atoms with van der Waals surface area (Å²) in [5.41, 5.74) is 3.49. The molecule has 2 aromatic carbocycles. The second-order valence-electron chi connectivity index (χ2n) is 7.32. The minimum absolute atomic E-state index is 0.426. The van der Waals surface area contributed by atoms with Gasteiger partial charge in [0.2, 0.25) is 0 Å². The molecule has 0 saturated carbocycles. The fourth-order valence-corrected chi connectivity index (χ4v) is 4.58. The summed E-state index contributed by atoms with van der Waals surface area (Å²) >= 11 is 1.84. The third-order valence-corrected chi connectivity index (χ3v) is 6.21. The van der Waals surface area contributed by atoms with Gasteiger partial charge in [0.25, 0.3) is 0 Å². The van der Waals surface area contributed by atoms with Crippen molar-refractivity contribution in [3.8, 4) is 5.75 Å². The van der Waals surface area contributed by atoms with Gasteiger partial charge in [-0.25, -0.2) is 4.68 Å². The molecule has 0 radical (unpaired) electrons. The lowest BCUT2D eigenvalue weighted by Gasteiger charge is -2.25. The van der Waals surface area contributed by atoms with Gasteiger partial charge < -0.3 is 4.74 Å². The minimum Gasteiger partial charge on any atom is -0.471 e. The van der Waals surface area contributed by atoms with Gasteiger partial charge in [-0.05, 0) is 63.0 Å². The summed E-state index contributed by atoms with van der Waals surface area (Å²) in [6.45, 7) is 7.01. The van der Waals surface area contributed by atoms with Crippen molar-refractivity contribution in [1.82, 2.24) is 14.7 Å². The predicted molar refractivity (Wildman–Crippen MR) is 112 cm³/mol. The van der Waals surface area contributed by atoms with E-state index in [2.05, 4.69) is 61.2 Å². The Labute approximate surface area is 165 Å². The van der Waals surface area contributed by atoms with Crippen LogP contribution in [0.2, 0.25) is 0 Å². The normalized spacial score (nSPS) is 15.3. The maximum absolute atomic E-state index is 6.10. The first-order valence-electron chi connectivity index (χ1n) is 9.71. The van der Waals surface area contributed by atoms with Gasteiger partial charge in [0.1, 0.15) is 10.8 Å². The van der Waals surface area contributed by atoms with E-state index in [0.29, 0.717) is 6.73 Å². The van der Waals surface area contributed by atoms with Crippen LogP contribution in [-0.4, -0.2) is 33.6 Å². The molecule has 1 saturated heterocycles. The number of hydrogen-bond donors (Lipinski definition) is 0. The quantitative estimate of drug-likeness (QED) is 0.547. The smallest absolute Gasteiger partial charge is 0.181 e. The van der Waals surface area contributed by atoms with Gasteiger partial charge in [0.15, 0.2) is 6.73 Å². The Morgan fingerprint density at radius 2 is 1.85 bits per heavy atom. The highest BCUT2D eigenvalue weighted by Crippen LogP contribution is 2.29. The summed E-state index contributed by atoms with van der Waals surface area (Å²) in [4.78, 5) is 2.54. The van der Waals surface area contributed by atoms with E-state index in [1.54, 1.807) is 0 Å². The summed E-state index contributed by atoms with van der Waals surface area (Å²) in [6, 6.07) is 14.7. The molecule has 2 heterocycles. The highest BCUT2D eigenvalue weighted by molar-refractivity contribution is 7.99. The molecule has 4 nitrogen and oxygen atoms in total. The Hall–Kier alpha value is -1.98. The second-order valence-corrected chi connectivity index (χ2v) is 8.25. The molecule has 5 heteroatoms. The number of fused-ring (bicyclic) bond motifs is 1. The molecule has 1 aliphatic rings. The molecular formula is C22H27N3OS. The molecular weight excluding hydrogens is 354 g/mol. The molecule has 0 unspecified atom stereocenters. The van der Waals surface area contributed by atoms with Crippen LogP contribution < -0.4 is 4.74 Å². The van der Waals surface area contributed by atoms with Gasteiger partial charge in [-0.3, -0.25) is 4.90 Å². The number of rotatable bonds is 6. The lowest BCUT2D eigenvalue weighted by Crippen LogP contribution is -2.29. The van der Waals surface area contributed by atoms with Crippen molar-refractivity contribution in [3.05, 3.63) is 53.6 Å². The number of benzene rings is 2. The molecule has 1 aromatic heterocycles. The molecule has 0 spiro atoms. The van der Waals surface area contributed by atoms with E-state index in [1.165, 1.54) is 43.3 Å². The number of aromatic nitrogens is 2. The average Bonchev–Trinajstić information content (AvgIpc) is 3.06. The SMILES string of the molecule is Cc1ccc(C)c(OCn2nc(SCN3CCCCC3)c3ccccc32)c1. The third-order valence-electron chi connectivity index (χ3n) is 5.14. The summed E-state index contributed by atoms with van der Waals surface area (Å²) in [6.07, 6.45) is 4.01. The standard InChI is InChI=1S/C22H27N3OS/c1-17-10-11-18(2)21(14-17)26-15-25-20-9-5-4-8-19(20)22(23-25)27-16-24-12-6-3-7-13-24/h4-5,8-11,14H,3,6-7,12-13,15-16H2,1-2H3. The van der Waals surface area contributed by atoms with E-state index in [-0.39, 0.29) is 0 Å². The number of thioether (sulfide) groups is 1. The van der Waals surface area contributed by atoms with E-state index in [9.17, 15) is 0 Å². The zero-order valence-corrected chi connectivity index (χ0v) is 17.0. The van der Waals surface area contributed by atoms with Crippen LogP contribution in [0.4, 0.5) is 0 Å². The number of hydrogen-bond acceptors (Lipinski definition) is 4. The maximum Gasteiger partial charge on any atom is 0.181 e. The second kappa shape index (κ2) is 8.36. The van der Waals surface area contributed by atoms with E-state index < -0.39 is 0 Å². The van der Waals surface area contributed by atoms with Crippen LogP contribution in [0.5, 0.6) is 5.75 Å². The zero-order valence-electron chi connectivity index (χ0n) is 16.1. The molecule has 1 aliphatic heterocycles. The fourth-order valence-electron chi connectivity index (χ4n) is 3.54. The van der Waals surface area contributed by atoms with E-state index in [4.69, 9.17) is 9.84 Å². The number of ether oxygens (including phenoxy) is 1. The van der Waals surface area contributed by atoms with Gasteiger partial charge in [-0.15, -0.1) is 0 Å².